The number of aryl methyl sites for hydroxylation is 1. The zero-order valence-corrected chi connectivity index (χ0v) is 23.4. The molecule has 8 nitrogen and oxygen atoms in total. The predicted octanol–water partition coefficient (Wildman–Crippen LogP) is 6.22. The van der Waals surface area contributed by atoms with E-state index in [4.69, 9.17) is 4.74 Å². The number of piperidine rings is 1. The second-order valence-electron chi connectivity index (χ2n) is 10.7. The Morgan fingerprint density at radius 2 is 1.88 bits per heavy atom. The molecule has 4 aromatic rings. The molecule has 40 heavy (non-hydrogen) atoms. The van der Waals surface area contributed by atoms with Crippen molar-refractivity contribution in [3.05, 3.63) is 47.5 Å². The van der Waals surface area contributed by atoms with Gasteiger partial charge in [-0.05, 0) is 68.0 Å². The molecule has 11 heteroatoms. The van der Waals surface area contributed by atoms with E-state index in [9.17, 15) is 13.2 Å². The number of nitrogens with zero attached hydrogens (tertiary/aromatic N) is 6. The van der Waals surface area contributed by atoms with Gasteiger partial charge >= 0.3 is 6.18 Å². The fourth-order valence-electron chi connectivity index (χ4n) is 5.83. The zero-order chi connectivity index (χ0) is 28.4. The quantitative estimate of drug-likeness (QED) is 0.264. The molecule has 0 spiro atoms. The smallest absolute Gasteiger partial charge is 0.393 e. The van der Waals surface area contributed by atoms with Crippen LogP contribution in [0.5, 0.6) is 5.75 Å². The largest absolute Gasteiger partial charge is 0.493 e. The molecule has 5 heterocycles. The number of likely N-dealkylation sites (tertiary alicyclic amines) is 1. The van der Waals surface area contributed by atoms with E-state index in [0.29, 0.717) is 28.6 Å². The molecule has 1 fully saturated rings. The lowest BCUT2D eigenvalue weighted by atomic mass is 9.87. The Kier molecular flexibility index (Phi) is 8.11. The Hall–Kier alpha value is -3.47. The second kappa shape index (κ2) is 11.6. The minimum Gasteiger partial charge on any atom is -0.493 e. The first-order valence-corrected chi connectivity index (χ1v) is 13.9. The molecule has 1 N–H and O–H groups in total. The Morgan fingerprint density at radius 1 is 1.12 bits per heavy atom. The summed E-state index contributed by atoms with van der Waals surface area (Å²) in [6, 6.07) is 3.51. The average Bonchev–Trinajstić information content (AvgIpc) is 3.57. The van der Waals surface area contributed by atoms with Crippen LogP contribution in [-0.2, 0) is 6.42 Å². The second-order valence-corrected chi connectivity index (χ2v) is 10.7. The Labute approximate surface area is 232 Å². The van der Waals surface area contributed by atoms with Crippen LogP contribution in [0.4, 0.5) is 13.2 Å². The fourth-order valence-corrected chi connectivity index (χ4v) is 5.83. The van der Waals surface area contributed by atoms with Gasteiger partial charge in [-0.15, -0.1) is 0 Å². The third-order valence-electron chi connectivity index (χ3n) is 8.19. The highest BCUT2D eigenvalue weighted by atomic mass is 19.4. The van der Waals surface area contributed by atoms with Crippen molar-refractivity contribution in [1.29, 1.82) is 0 Å². The standard InChI is InChI=1S/C29H36F3N7O/c1-5-19(6-2)15-38-9-7-20(8-10-38)23-14-33-24(11-18(23)3)27-22(13-29(30,31)32)26(36-37-27)21-12-25(40-4)28-34-17-35-39(28)16-21/h11-12,14,16-17,19-20H,5-10,13,15H2,1-4H3,(H,36,37). The average molecular weight is 556 g/mol. The van der Waals surface area contributed by atoms with E-state index < -0.39 is 12.6 Å². The molecule has 1 aliphatic rings. The lowest BCUT2D eigenvalue weighted by molar-refractivity contribution is -0.127. The first-order valence-electron chi connectivity index (χ1n) is 13.9. The number of alkyl halides is 3. The van der Waals surface area contributed by atoms with Crippen LogP contribution in [-0.4, -0.2) is 67.6 Å². The summed E-state index contributed by atoms with van der Waals surface area (Å²) in [5.41, 5.74) is 4.01. The van der Waals surface area contributed by atoms with E-state index in [0.717, 1.165) is 44.0 Å². The lowest BCUT2D eigenvalue weighted by Gasteiger charge is -2.34. The monoisotopic (exact) mass is 555 g/mol. The van der Waals surface area contributed by atoms with Crippen LogP contribution in [0.15, 0.2) is 30.9 Å². The third-order valence-corrected chi connectivity index (χ3v) is 8.19. The maximum atomic E-state index is 13.8. The summed E-state index contributed by atoms with van der Waals surface area (Å²) in [5, 5.41) is 11.3. The van der Waals surface area contributed by atoms with E-state index in [-0.39, 0.29) is 17.0 Å². The van der Waals surface area contributed by atoms with Crippen LogP contribution >= 0.6 is 0 Å². The van der Waals surface area contributed by atoms with Crippen molar-refractivity contribution in [2.45, 2.75) is 65.0 Å². The normalized spacial score (nSPS) is 15.4. The third kappa shape index (κ3) is 5.84. The van der Waals surface area contributed by atoms with Crippen LogP contribution < -0.4 is 4.74 Å². The summed E-state index contributed by atoms with van der Waals surface area (Å²) in [7, 11) is 1.48. The number of methoxy groups -OCH3 is 1. The molecule has 0 aliphatic carbocycles. The number of hydrogen-bond donors (Lipinski definition) is 1. The number of pyridine rings is 2. The SMILES string of the molecule is CCC(CC)CN1CCC(c2cnc(-c3n[nH]c(-c4cc(OC)c5ncnn5c4)c3CC(F)(F)F)cc2C)CC1. The highest BCUT2D eigenvalue weighted by Gasteiger charge is 2.33. The first-order chi connectivity index (χ1) is 19.2. The number of aromatic amines is 1. The molecular weight excluding hydrogens is 519 g/mol. The van der Waals surface area contributed by atoms with E-state index in [1.165, 1.54) is 36.4 Å². The number of fused-ring (bicyclic) bond motifs is 1. The number of nitrogens with one attached hydrogen (secondary N) is 1. The highest BCUT2D eigenvalue weighted by molar-refractivity contribution is 5.75. The molecule has 214 valence electrons. The van der Waals surface area contributed by atoms with Gasteiger partial charge in [-0.25, -0.2) is 9.50 Å². The molecule has 5 rings (SSSR count). The van der Waals surface area contributed by atoms with E-state index in [1.54, 1.807) is 12.3 Å². The lowest BCUT2D eigenvalue weighted by Crippen LogP contribution is -2.36. The van der Waals surface area contributed by atoms with Gasteiger partial charge in [0.2, 0.25) is 0 Å². The minimum atomic E-state index is -4.44. The van der Waals surface area contributed by atoms with Gasteiger partial charge in [0.25, 0.3) is 0 Å². The van der Waals surface area contributed by atoms with E-state index in [2.05, 4.69) is 44.0 Å². The Morgan fingerprint density at radius 3 is 2.52 bits per heavy atom. The van der Waals surface area contributed by atoms with Gasteiger partial charge in [-0.1, -0.05) is 26.7 Å². The molecule has 0 saturated carbocycles. The number of rotatable bonds is 9. The molecule has 1 saturated heterocycles. The maximum Gasteiger partial charge on any atom is 0.393 e. The van der Waals surface area contributed by atoms with Crippen molar-refractivity contribution >= 4 is 5.65 Å². The maximum absolute atomic E-state index is 13.8. The summed E-state index contributed by atoms with van der Waals surface area (Å²) >= 11 is 0. The summed E-state index contributed by atoms with van der Waals surface area (Å²) in [6.45, 7) is 9.78. The van der Waals surface area contributed by atoms with Crippen LogP contribution in [0.2, 0.25) is 0 Å². The molecule has 0 unspecified atom stereocenters. The van der Waals surface area contributed by atoms with Crippen molar-refractivity contribution in [2.24, 2.45) is 5.92 Å². The summed E-state index contributed by atoms with van der Waals surface area (Å²) in [6.07, 6.45) is 3.74. The van der Waals surface area contributed by atoms with Gasteiger partial charge in [-0.3, -0.25) is 10.1 Å². The van der Waals surface area contributed by atoms with Gasteiger partial charge in [0.15, 0.2) is 11.4 Å². The van der Waals surface area contributed by atoms with Gasteiger partial charge < -0.3 is 9.64 Å². The van der Waals surface area contributed by atoms with Gasteiger partial charge in [0, 0.05) is 30.1 Å². The van der Waals surface area contributed by atoms with Crippen LogP contribution in [0, 0.1) is 12.8 Å². The summed E-state index contributed by atoms with van der Waals surface area (Å²) in [5.74, 6) is 1.53. The fraction of sp³-hybridized carbons (Fsp3) is 0.517. The van der Waals surface area contributed by atoms with Crippen LogP contribution in [0.25, 0.3) is 28.3 Å². The van der Waals surface area contributed by atoms with Gasteiger partial charge in [0.1, 0.15) is 12.0 Å². The molecule has 4 aromatic heterocycles. The molecule has 0 bridgehead atoms. The van der Waals surface area contributed by atoms with Gasteiger partial charge in [0.05, 0.1) is 24.9 Å². The van der Waals surface area contributed by atoms with Crippen molar-refractivity contribution < 1.29 is 17.9 Å². The number of ether oxygens (including phenoxy) is 1. The molecule has 1 aliphatic heterocycles. The highest BCUT2D eigenvalue weighted by Crippen LogP contribution is 2.37. The molecule has 0 aromatic carbocycles. The Bertz CT molecular complexity index is 1450. The molecular formula is C29H36F3N7O. The van der Waals surface area contributed by atoms with E-state index >= 15 is 0 Å². The van der Waals surface area contributed by atoms with Crippen molar-refractivity contribution in [2.75, 3.05) is 26.7 Å². The van der Waals surface area contributed by atoms with Crippen LogP contribution in [0.3, 0.4) is 0 Å². The van der Waals surface area contributed by atoms with E-state index in [1.807, 2.05) is 19.2 Å². The zero-order valence-electron chi connectivity index (χ0n) is 23.4. The van der Waals surface area contributed by atoms with Crippen LogP contribution in [0.1, 0.15) is 62.1 Å². The number of H-pyrrole nitrogens is 1. The molecule has 0 amide bonds. The number of hydrogen-bond acceptors (Lipinski definition) is 6. The predicted molar refractivity (Wildman–Crippen MR) is 147 cm³/mol. The van der Waals surface area contributed by atoms with Gasteiger partial charge in [-0.2, -0.15) is 23.4 Å². The van der Waals surface area contributed by atoms with Crippen molar-refractivity contribution in [3.63, 3.8) is 0 Å². The summed E-state index contributed by atoms with van der Waals surface area (Å²) in [4.78, 5) is 11.3. The minimum absolute atomic E-state index is 0.0309. The number of aromatic nitrogens is 6. The molecule has 0 atom stereocenters. The van der Waals surface area contributed by atoms with Crippen molar-refractivity contribution in [1.82, 2.24) is 34.7 Å². The Balaban J connectivity index is 1.43. The van der Waals surface area contributed by atoms with Crippen molar-refractivity contribution in [3.8, 4) is 28.4 Å². The first kappa shape index (κ1) is 28.1. The molecule has 0 radical (unpaired) electrons. The number of halogens is 3. The topological polar surface area (TPSA) is 84.2 Å². The summed E-state index contributed by atoms with van der Waals surface area (Å²) < 4.78 is 48.2.